The molecule has 0 bridgehead atoms. The zero-order chi connectivity index (χ0) is 9.68. The second-order valence-electron chi connectivity index (χ2n) is 3.72. The molecule has 0 atom stereocenters. The third-order valence-corrected chi connectivity index (χ3v) is 2.68. The minimum Gasteiger partial charge on any atom is -0.512 e. The monoisotopic (exact) mass is 182 g/mol. The lowest BCUT2D eigenvalue weighted by molar-refractivity contribution is -0.114. The molecule has 1 aliphatic rings. The van der Waals surface area contributed by atoms with Crippen LogP contribution in [0.2, 0.25) is 0 Å². The summed E-state index contributed by atoms with van der Waals surface area (Å²) in [5.74, 6) is 0.596. The molecule has 1 rings (SSSR count). The number of rotatable bonds is 3. The van der Waals surface area contributed by atoms with Gasteiger partial charge in [0, 0.05) is 18.4 Å². The summed E-state index contributed by atoms with van der Waals surface area (Å²) >= 11 is 0. The van der Waals surface area contributed by atoms with Crippen LogP contribution in [0.4, 0.5) is 0 Å². The van der Waals surface area contributed by atoms with Gasteiger partial charge in [0.05, 0.1) is 5.76 Å². The second kappa shape index (κ2) is 5.05. The minimum atomic E-state index is 0.0306. The number of ketones is 1. The Hall–Kier alpha value is -0.790. The lowest BCUT2D eigenvalue weighted by Crippen LogP contribution is -2.10. The Morgan fingerprint density at radius 3 is 2.54 bits per heavy atom. The smallest absolute Gasteiger partial charge is 0.158 e. The highest BCUT2D eigenvalue weighted by atomic mass is 16.3. The van der Waals surface area contributed by atoms with Crippen LogP contribution in [0.15, 0.2) is 11.8 Å². The van der Waals surface area contributed by atoms with Crippen molar-refractivity contribution in [1.29, 1.82) is 0 Å². The van der Waals surface area contributed by atoms with E-state index >= 15 is 0 Å². The number of hydrogen-bond acceptors (Lipinski definition) is 2. The standard InChI is InChI=1S/C11H18O2/c1-2-10(12)8-11(13)9-6-4-3-5-7-9/h8-9,13H,2-7H2,1H3. The molecular weight excluding hydrogens is 164 g/mol. The molecule has 0 spiro atoms. The number of carbonyl (C=O) groups is 1. The lowest BCUT2D eigenvalue weighted by Gasteiger charge is -2.20. The molecule has 0 aromatic rings. The lowest BCUT2D eigenvalue weighted by atomic mass is 9.87. The van der Waals surface area contributed by atoms with Gasteiger partial charge in [0.2, 0.25) is 0 Å². The van der Waals surface area contributed by atoms with Crippen molar-refractivity contribution in [2.45, 2.75) is 45.4 Å². The van der Waals surface area contributed by atoms with Crippen molar-refractivity contribution in [1.82, 2.24) is 0 Å². The van der Waals surface area contributed by atoms with Gasteiger partial charge in [0.1, 0.15) is 0 Å². The Labute approximate surface area is 79.6 Å². The summed E-state index contributed by atoms with van der Waals surface area (Å²) in [6.07, 6.45) is 7.61. The van der Waals surface area contributed by atoms with Crippen LogP contribution in [0.1, 0.15) is 45.4 Å². The molecule has 0 radical (unpaired) electrons. The molecule has 0 amide bonds. The largest absolute Gasteiger partial charge is 0.512 e. The van der Waals surface area contributed by atoms with Crippen molar-refractivity contribution < 1.29 is 9.90 Å². The maximum absolute atomic E-state index is 11.0. The average Bonchev–Trinajstić information content (AvgIpc) is 2.19. The summed E-state index contributed by atoms with van der Waals surface area (Å²) in [7, 11) is 0. The fraction of sp³-hybridized carbons (Fsp3) is 0.727. The molecule has 13 heavy (non-hydrogen) atoms. The molecule has 1 aliphatic carbocycles. The SMILES string of the molecule is CCC(=O)C=C(O)C1CCCCC1. The number of carbonyl (C=O) groups excluding carboxylic acids is 1. The summed E-state index contributed by atoms with van der Waals surface area (Å²) < 4.78 is 0. The second-order valence-corrected chi connectivity index (χ2v) is 3.72. The zero-order valence-corrected chi connectivity index (χ0v) is 8.25. The van der Waals surface area contributed by atoms with Crippen LogP contribution < -0.4 is 0 Å². The first-order chi connectivity index (χ1) is 6.24. The summed E-state index contributed by atoms with van der Waals surface area (Å²) in [6.45, 7) is 1.81. The Balaban J connectivity index is 2.49. The van der Waals surface area contributed by atoms with Crippen molar-refractivity contribution in [3.63, 3.8) is 0 Å². The number of aliphatic hydroxyl groups is 1. The molecule has 0 heterocycles. The van der Waals surface area contributed by atoms with E-state index in [0.29, 0.717) is 12.2 Å². The van der Waals surface area contributed by atoms with Crippen LogP contribution in [-0.4, -0.2) is 10.9 Å². The van der Waals surface area contributed by atoms with E-state index in [2.05, 4.69) is 0 Å². The minimum absolute atomic E-state index is 0.0306. The quantitative estimate of drug-likeness (QED) is 0.538. The predicted octanol–water partition coefficient (Wildman–Crippen LogP) is 2.99. The van der Waals surface area contributed by atoms with Gasteiger partial charge in [-0.2, -0.15) is 0 Å². The molecule has 2 heteroatoms. The van der Waals surface area contributed by atoms with E-state index in [9.17, 15) is 9.90 Å². The average molecular weight is 182 g/mol. The van der Waals surface area contributed by atoms with Crippen LogP contribution in [0.3, 0.4) is 0 Å². The summed E-state index contributed by atoms with van der Waals surface area (Å²) in [5, 5.41) is 9.62. The maximum atomic E-state index is 11.0. The third-order valence-electron chi connectivity index (χ3n) is 2.68. The molecule has 0 saturated heterocycles. The number of hydrogen-bond donors (Lipinski definition) is 1. The molecule has 0 aromatic heterocycles. The fourth-order valence-electron chi connectivity index (χ4n) is 1.78. The molecule has 74 valence electrons. The van der Waals surface area contributed by atoms with E-state index in [1.54, 1.807) is 0 Å². The first-order valence-corrected chi connectivity index (χ1v) is 5.17. The molecule has 0 unspecified atom stereocenters. The summed E-state index contributed by atoms with van der Waals surface area (Å²) in [5.41, 5.74) is 0. The first kappa shape index (κ1) is 10.3. The highest BCUT2D eigenvalue weighted by Crippen LogP contribution is 2.28. The van der Waals surface area contributed by atoms with Crippen LogP contribution in [0.25, 0.3) is 0 Å². The Morgan fingerprint density at radius 2 is 2.00 bits per heavy atom. The molecular formula is C11H18O2. The van der Waals surface area contributed by atoms with Gasteiger partial charge in [-0.05, 0) is 12.8 Å². The zero-order valence-electron chi connectivity index (χ0n) is 8.25. The maximum Gasteiger partial charge on any atom is 0.158 e. The Bertz CT molecular complexity index is 200. The van der Waals surface area contributed by atoms with Crippen LogP contribution in [0.5, 0.6) is 0 Å². The number of allylic oxidation sites excluding steroid dienone is 2. The van der Waals surface area contributed by atoms with Crippen molar-refractivity contribution in [3.05, 3.63) is 11.8 Å². The molecule has 1 N–H and O–H groups in total. The van der Waals surface area contributed by atoms with Gasteiger partial charge < -0.3 is 5.11 Å². The van der Waals surface area contributed by atoms with Crippen molar-refractivity contribution in [2.75, 3.05) is 0 Å². The van der Waals surface area contributed by atoms with Crippen LogP contribution in [0, 0.1) is 5.92 Å². The first-order valence-electron chi connectivity index (χ1n) is 5.17. The van der Waals surface area contributed by atoms with E-state index in [0.717, 1.165) is 12.8 Å². The molecule has 2 nitrogen and oxygen atoms in total. The highest BCUT2D eigenvalue weighted by molar-refractivity contribution is 5.89. The summed E-state index contributed by atoms with van der Waals surface area (Å²) in [4.78, 5) is 11.0. The van der Waals surface area contributed by atoms with Gasteiger partial charge in [-0.1, -0.05) is 26.2 Å². The molecule has 1 saturated carbocycles. The topological polar surface area (TPSA) is 37.3 Å². The van der Waals surface area contributed by atoms with Gasteiger partial charge in [-0.3, -0.25) is 4.79 Å². The van der Waals surface area contributed by atoms with E-state index in [1.807, 2.05) is 6.92 Å². The summed E-state index contributed by atoms with van der Waals surface area (Å²) in [6, 6.07) is 0. The van der Waals surface area contributed by atoms with E-state index in [-0.39, 0.29) is 11.7 Å². The predicted molar refractivity (Wildman–Crippen MR) is 52.6 cm³/mol. The van der Waals surface area contributed by atoms with Gasteiger partial charge in [0.25, 0.3) is 0 Å². The van der Waals surface area contributed by atoms with Crippen molar-refractivity contribution in [3.8, 4) is 0 Å². The van der Waals surface area contributed by atoms with Gasteiger partial charge in [0.15, 0.2) is 5.78 Å². The van der Waals surface area contributed by atoms with Crippen molar-refractivity contribution in [2.24, 2.45) is 5.92 Å². The number of aliphatic hydroxyl groups excluding tert-OH is 1. The van der Waals surface area contributed by atoms with Crippen molar-refractivity contribution >= 4 is 5.78 Å². The van der Waals surface area contributed by atoms with Crippen LogP contribution in [-0.2, 0) is 4.79 Å². The van der Waals surface area contributed by atoms with Crippen LogP contribution >= 0.6 is 0 Å². The fourth-order valence-corrected chi connectivity index (χ4v) is 1.78. The van der Waals surface area contributed by atoms with Gasteiger partial charge in [-0.15, -0.1) is 0 Å². The Kier molecular flexibility index (Phi) is 4.00. The molecule has 1 fully saturated rings. The normalized spacial score (nSPS) is 20.2. The molecule has 0 aromatic carbocycles. The highest BCUT2D eigenvalue weighted by Gasteiger charge is 2.17. The third kappa shape index (κ3) is 3.21. The van der Waals surface area contributed by atoms with E-state index in [1.165, 1.54) is 25.3 Å². The molecule has 0 aliphatic heterocycles. The van der Waals surface area contributed by atoms with Gasteiger partial charge >= 0.3 is 0 Å². The Morgan fingerprint density at radius 1 is 1.38 bits per heavy atom. The van der Waals surface area contributed by atoms with Gasteiger partial charge in [-0.25, -0.2) is 0 Å². The van der Waals surface area contributed by atoms with E-state index in [4.69, 9.17) is 0 Å². The van der Waals surface area contributed by atoms with E-state index < -0.39 is 0 Å².